The molecule has 0 aromatic heterocycles. The number of rotatable bonds is 4. The van der Waals surface area contributed by atoms with Crippen molar-refractivity contribution in [3.8, 4) is 0 Å². The Hall–Kier alpha value is -2.82. The number of benzene rings is 2. The van der Waals surface area contributed by atoms with Crippen LogP contribution in [-0.2, 0) is 9.59 Å². The van der Waals surface area contributed by atoms with Crippen LogP contribution < -0.4 is 4.90 Å². The largest absolute Gasteiger partial charge is 0.368 e. The van der Waals surface area contributed by atoms with Crippen LogP contribution in [0.1, 0.15) is 42.7 Å². The molecule has 5 nitrogen and oxygen atoms in total. The minimum atomic E-state index is -0.150. The molecule has 0 bridgehead atoms. The van der Waals surface area contributed by atoms with E-state index in [4.69, 9.17) is 0 Å². The van der Waals surface area contributed by atoms with Gasteiger partial charge in [0.1, 0.15) is 0 Å². The molecule has 2 aromatic carbocycles. The summed E-state index contributed by atoms with van der Waals surface area (Å²) in [5.41, 5.74) is 3.72. The van der Waals surface area contributed by atoms with Gasteiger partial charge in [-0.05, 0) is 37.0 Å². The van der Waals surface area contributed by atoms with Gasteiger partial charge in [0.15, 0.2) is 0 Å². The molecule has 0 N–H and O–H groups in total. The van der Waals surface area contributed by atoms with Crippen LogP contribution in [0.4, 0.5) is 5.69 Å². The molecule has 2 amide bonds. The summed E-state index contributed by atoms with van der Waals surface area (Å²) < 4.78 is 0. The number of piperazine rings is 1. The molecule has 5 heteroatoms. The van der Waals surface area contributed by atoms with Gasteiger partial charge in [-0.3, -0.25) is 9.59 Å². The highest BCUT2D eigenvalue weighted by molar-refractivity contribution is 5.84. The molecule has 3 aliphatic rings. The zero-order valence-corrected chi connectivity index (χ0v) is 19.7. The number of para-hydroxylation sites is 1. The summed E-state index contributed by atoms with van der Waals surface area (Å²) in [5, 5.41) is 0. The standard InChI is InChI=1S/C28H35N3O2/c1-21-9-5-8-14-26(21)29-15-17-30(18-16-29)28(33)25-20-31(27(32)23-12-6-7-13-23)19-24(25)22-10-3-2-4-11-22/h2-5,8-11,14,23-25H,6-7,12-13,15-20H2,1H3. The van der Waals surface area contributed by atoms with E-state index in [2.05, 4.69) is 48.2 Å². The predicted octanol–water partition coefficient (Wildman–Crippen LogP) is 4.08. The van der Waals surface area contributed by atoms with Crippen molar-refractivity contribution in [2.45, 2.75) is 38.5 Å². The van der Waals surface area contributed by atoms with Crippen molar-refractivity contribution in [2.75, 3.05) is 44.2 Å². The second kappa shape index (κ2) is 9.58. The Kier molecular flexibility index (Phi) is 6.39. The molecule has 2 saturated heterocycles. The van der Waals surface area contributed by atoms with Crippen LogP contribution in [0.2, 0.25) is 0 Å². The van der Waals surface area contributed by atoms with E-state index >= 15 is 0 Å². The fourth-order valence-electron chi connectivity index (χ4n) is 6.02. The second-order valence-corrected chi connectivity index (χ2v) is 9.95. The number of carbonyl (C=O) groups excluding carboxylic acids is 2. The minimum Gasteiger partial charge on any atom is -0.368 e. The van der Waals surface area contributed by atoms with Gasteiger partial charge in [-0.15, -0.1) is 0 Å². The van der Waals surface area contributed by atoms with Crippen LogP contribution >= 0.6 is 0 Å². The highest BCUT2D eigenvalue weighted by Crippen LogP contribution is 2.37. The van der Waals surface area contributed by atoms with Crippen LogP contribution in [0, 0.1) is 18.8 Å². The molecule has 5 rings (SSSR count). The SMILES string of the molecule is Cc1ccccc1N1CCN(C(=O)C2CN(C(=O)C3CCCC3)CC2c2ccccc2)CC1. The maximum absolute atomic E-state index is 13.8. The third-order valence-electron chi connectivity index (χ3n) is 7.93. The van der Waals surface area contributed by atoms with E-state index in [1.165, 1.54) is 16.8 Å². The van der Waals surface area contributed by atoms with Crippen molar-refractivity contribution in [1.82, 2.24) is 9.80 Å². The van der Waals surface area contributed by atoms with Gasteiger partial charge >= 0.3 is 0 Å². The van der Waals surface area contributed by atoms with Crippen LogP contribution in [0.5, 0.6) is 0 Å². The molecule has 2 atom stereocenters. The van der Waals surface area contributed by atoms with Crippen molar-refractivity contribution in [3.05, 3.63) is 65.7 Å². The van der Waals surface area contributed by atoms with E-state index in [9.17, 15) is 9.59 Å². The predicted molar refractivity (Wildman–Crippen MR) is 131 cm³/mol. The summed E-state index contributed by atoms with van der Waals surface area (Å²) in [4.78, 5) is 33.4. The van der Waals surface area contributed by atoms with Crippen molar-refractivity contribution in [1.29, 1.82) is 0 Å². The molecule has 3 fully saturated rings. The Labute approximate surface area is 197 Å². The van der Waals surface area contributed by atoms with Crippen molar-refractivity contribution in [2.24, 2.45) is 11.8 Å². The van der Waals surface area contributed by atoms with Crippen LogP contribution in [0.3, 0.4) is 0 Å². The normalized spacial score (nSPS) is 23.8. The monoisotopic (exact) mass is 445 g/mol. The van der Waals surface area contributed by atoms with Gasteiger partial charge in [0, 0.05) is 56.8 Å². The third kappa shape index (κ3) is 4.50. The van der Waals surface area contributed by atoms with Gasteiger partial charge in [0.05, 0.1) is 5.92 Å². The molecule has 0 radical (unpaired) electrons. The van der Waals surface area contributed by atoms with Crippen molar-refractivity contribution in [3.63, 3.8) is 0 Å². The number of carbonyl (C=O) groups is 2. The maximum Gasteiger partial charge on any atom is 0.228 e. The molecule has 2 unspecified atom stereocenters. The number of hydrogen-bond acceptors (Lipinski definition) is 3. The average Bonchev–Trinajstić information content (AvgIpc) is 3.55. The summed E-state index contributed by atoms with van der Waals surface area (Å²) in [6.07, 6.45) is 4.31. The average molecular weight is 446 g/mol. The molecule has 1 aliphatic carbocycles. The zero-order chi connectivity index (χ0) is 22.8. The number of anilines is 1. The molecular formula is C28H35N3O2. The third-order valence-corrected chi connectivity index (χ3v) is 7.93. The molecule has 33 heavy (non-hydrogen) atoms. The fourth-order valence-corrected chi connectivity index (χ4v) is 6.02. The molecule has 2 heterocycles. The van der Waals surface area contributed by atoms with Gasteiger partial charge in [-0.2, -0.15) is 0 Å². The van der Waals surface area contributed by atoms with Crippen LogP contribution in [0.25, 0.3) is 0 Å². The Bertz CT molecular complexity index is 978. The number of aryl methyl sites for hydroxylation is 1. The summed E-state index contributed by atoms with van der Waals surface area (Å²) >= 11 is 0. The van der Waals surface area contributed by atoms with E-state index in [-0.39, 0.29) is 29.6 Å². The van der Waals surface area contributed by atoms with Gasteiger partial charge < -0.3 is 14.7 Å². The zero-order valence-electron chi connectivity index (χ0n) is 19.7. The van der Waals surface area contributed by atoms with E-state index < -0.39 is 0 Å². The number of nitrogens with zero attached hydrogens (tertiary/aromatic N) is 3. The highest BCUT2D eigenvalue weighted by atomic mass is 16.2. The summed E-state index contributed by atoms with van der Waals surface area (Å²) in [7, 11) is 0. The highest BCUT2D eigenvalue weighted by Gasteiger charge is 2.43. The first-order valence-electron chi connectivity index (χ1n) is 12.5. The van der Waals surface area contributed by atoms with Crippen LogP contribution in [0.15, 0.2) is 54.6 Å². The lowest BCUT2D eigenvalue weighted by Gasteiger charge is -2.38. The van der Waals surface area contributed by atoms with Gasteiger partial charge in [-0.1, -0.05) is 61.4 Å². The summed E-state index contributed by atoms with van der Waals surface area (Å²) in [6.45, 7) is 6.55. The maximum atomic E-state index is 13.8. The van der Waals surface area contributed by atoms with Gasteiger partial charge in [-0.25, -0.2) is 0 Å². The smallest absolute Gasteiger partial charge is 0.228 e. The Morgan fingerprint density at radius 3 is 2.12 bits per heavy atom. The quantitative estimate of drug-likeness (QED) is 0.712. The first-order chi connectivity index (χ1) is 16.1. The summed E-state index contributed by atoms with van der Waals surface area (Å²) in [5.74, 6) is 0.581. The van der Waals surface area contributed by atoms with E-state index in [1.54, 1.807) is 0 Å². The molecule has 174 valence electrons. The van der Waals surface area contributed by atoms with Crippen LogP contribution in [-0.4, -0.2) is 60.9 Å². The summed E-state index contributed by atoms with van der Waals surface area (Å²) in [6, 6.07) is 18.8. The Balaban J connectivity index is 1.30. The number of likely N-dealkylation sites (tertiary alicyclic amines) is 1. The topological polar surface area (TPSA) is 43.9 Å². The second-order valence-electron chi connectivity index (χ2n) is 9.95. The van der Waals surface area contributed by atoms with Gasteiger partial charge in [0.2, 0.25) is 11.8 Å². The van der Waals surface area contributed by atoms with Gasteiger partial charge in [0.25, 0.3) is 0 Å². The first kappa shape index (κ1) is 22.0. The van der Waals surface area contributed by atoms with E-state index in [0.29, 0.717) is 13.1 Å². The van der Waals surface area contributed by atoms with Crippen molar-refractivity contribution < 1.29 is 9.59 Å². The Morgan fingerprint density at radius 2 is 1.42 bits per heavy atom. The van der Waals surface area contributed by atoms with Crippen molar-refractivity contribution >= 4 is 17.5 Å². The van der Waals surface area contributed by atoms with E-state index in [0.717, 1.165) is 51.9 Å². The molecule has 0 spiro atoms. The molecular weight excluding hydrogens is 410 g/mol. The molecule has 2 aromatic rings. The fraction of sp³-hybridized carbons (Fsp3) is 0.500. The number of amides is 2. The minimum absolute atomic E-state index is 0.0819. The lowest BCUT2D eigenvalue weighted by atomic mass is 9.88. The molecule has 1 saturated carbocycles. The Morgan fingerprint density at radius 1 is 0.758 bits per heavy atom. The first-order valence-corrected chi connectivity index (χ1v) is 12.5. The molecule has 2 aliphatic heterocycles. The lowest BCUT2D eigenvalue weighted by molar-refractivity contribution is -0.137. The number of hydrogen-bond donors (Lipinski definition) is 0. The lowest BCUT2D eigenvalue weighted by Crippen LogP contribution is -2.51. The van der Waals surface area contributed by atoms with E-state index in [1.807, 2.05) is 28.0 Å².